The molecule has 0 fully saturated rings. The fraction of sp³-hybridized carbons (Fsp3) is 0.357. The van der Waals surface area contributed by atoms with E-state index < -0.39 is 5.97 Å². The summed E-state index contributed by atoms with van der Waals surface area (Å²) in [5.41, 5.74) is 8.45. The van der Waals surface area contributed by atoms with E-state index in [1.54, 1.807) is 10.7 Å². The second-order valence-electron chi connectivity index (χ2n) is 4.63. The average molecular weight is 289 g/mol. The lowest BCUT2D eigenvalue weighted by molar-refractivity contribution is 0.0602. The number of nitrogens with two attached hydrogens (primary N) is 1. The highest BCUT2D eigenvalue weighted by atomic mass is 16.5. The van der Waals surface area contributed by atoms with E-state index in [0.29, 0.717) is 23.6 Å². The molecule has 2 aromatic rings. The Hall–Kier alpha value is -2.57. The molecule has 0 aliphatic heterocycles. The van der Waals surface area contributed by atoms with E-state index in [1.807, 2.05) is 13.2 Å². The van der Waals surface area contributed by atoms with Crippen molar-refractivity contribution in [3.8, 4) is 0 Å². The van der Waals surface area contributed by atoms with Gasteiger partial charge >= 0.3 is 5.97 Å². The smallest absolute Gasteiger partial charge is 0.340 e. The molecule has 2 aromatic heterocycles. The lowest BCUT2D eigenvalue weighted by atomic mass is 10.2. The van der Waals surface area contributed by atoms with Crippen LogP contribution in [0.4, 0.5) is 11.5 Å². The minimum atomic E-state index is -0.478. The van der Waals surface area contributed by atoms with Gasteiger partial charge in [0.05, 0.1) is 30.3 Å². The Balaban J connectivity index is 2.15. The highest BCUT2D eigenvalue weighted by molar-refractivity contribution is 5.95. The Bertz CT molecular complexity index is 651. The van der Waals surface area contributed by atoms with Gasteiger partial charge in [0.2, 0.25) is 0 Å². The first-order chi connectivity index (χ1) is 10.0. The number of nitrogen functional groups attached to an aromatic ring is 1. The second kappa shape index (κ2) is 6.25. The monoisotopic (exact) mass is 289 g/mol. The number of pyridine rings is 1. The largest absolute Gasteiger partial charge is 0.465 e. The standard InChI is InChI=1S/C14H19N5O2/c1-4-12-9(8-19(2)18-12)6-16-13-5-10(14(20)21-3)11(15)7-17-13/h5,7-8H,4,6,15H2,1-3H3,(H,16,17). The Kier molecular flexibility index (Phi) is 4.42. The van der Waals surface area contributed by atoms with E-state index >= 15 is 0 Å². The van der Waals surface area contributed by atoms with Gasteiger partial charge in [-0.15, -0.1) is 0 Å². The van der Waals surface area contributed by atoms with Gasteiger partial charge in [-0.3, -0.25) is 4.68 Å². The number of hydrogen-bond donors (Lipinski definition) is 2. The maximum absolute atomic E-state index is 11.6. The third-order valence-corrected chi connectivity index (χ3v) is 3.13. The van der Waals surface area contributed by atoms with Gasteiger partial charge in [0.15, 0.2) is 0 Å². The van der Waals surface area contributed by atoms with E-state index in [1.165, 1.54) is 13.3 Å². The number of esters is 1. The SMILES string of the molecule is CCc1nn(C)cc1CNc1cc(C(=O)OC)c(N)cn1. The third-order valence-electron chi connectivity index (χ3n) is 3.13. The molecule has 112 valence electrons. The Morgan fingerprint density at radius 1 is 1.52 bits per heavy atom. The molecular weight excluding hydrogens is 270 g/mol. The normalized spacial score (nSPS) is 10.4. The van der Waals surface area contributed by atoms with Gasteiger partial charge in [-0.1, -0.05) is 6.92 Å². The van der Waals surface area contributed by atoms with Crippen molar-refractivity contribution in [1.29, 1.82) is 0 Å². The molecule has 0 bridgehead atoms. The fourth-order valence-corrected chi connectivity index (χ4v) is 2.06. The number of rotatable bonds is 5. The quantitative estimate of drug-likeness (QED) is 0.807. The van der Waals surface area contributed by atoms with Gasteiger partial charge in [0.25, 0.3) is 0 Å². The summed E-state index contributed by atoms with van der Waals surface area (Å²) < 4.78 is 6.47. The van der Waals surface area contributed by atoms with Crippen molar-refractivity contribution in [1.82, 2.24) is 14.8 Å². The van der Waals surface area contributed by atoms with E-state index in [-0.39, 0.29) is 0 Å². The number of carbonyl (C=O) groups excluding carboxylic acids is 1. The van der Waals surface area contributed by atoms with E-state index in [2.05, 4.69) is 27.1 Å². The summed E-state index contributed by atoms with van der Waals surface area (Å²) in [5.74, 6) is 0.0871. The van der Waals surface area contributed by atoms with Crippen molar-refractivity contribution in [2.24, 2.45) is 7.05 Å². The molecule has 0 atom stereocenters. The zero-order valence-corrected chi connectivity index (χ0v) is 12.4. The van der Waals surface area contributed by atoms with Gasteiger partial charge in [-0.05, 0) is 12.5 Å². The summed E-state index contributed by atoms with van der Waals surface area (Å²) in [6, 6.07) is 1.59. The molecule has 2 heterocycles. The van der Waals surface area contributed by atoms with Crippen molar-refractivity contribution in [2.75, 3.05) is 18.2 Å². The van der Waals surface area contributed by atoms with E-state index in [4.69, 9.17) is 5.73 Å². The second-order valence-corrected chi connectivity index (χ2v) is 4.63. The highest BCUT2D eigenvalue weighted by Crippen LogP contribution is 2.17. The molecule has 2 rings (SSSR count). The third kappa shape index (κ3) is 3.31. The molecule has 3 N–H and O–H groups in total. The molecule has 0 spiro atoms. The van der Waals surface area contributed by atoms with E-state index in [9.17, 15) is 4.79 Å². The molecule has 0 saturated carbocycles. The maximum atomic E-state index is 11.6. The average Bonchev–Trinajstić information content (AvgIpc) is 2.85. The predicted octanol–water partition coefficient (Wildman–Crippen LogP) is 1.36. The number of nitrogens with zero attached hydrogens (tertiary/aromatic N) is 3. The molecule has 0 amide bonds. The van der Waals surface area contributed by atoms with Crippen molar-refractivity contribution < 1.29 is 9.53 Å². The molecule has 0 aliphatic carbocycles. The number of aryl methyl sites for hydroxylation is 2. The Morgan fingerprint density at radius 2 is 2.29 bits per heavy atom. The van der Waals surface area contributed by atoms with Crippen molar-refractivity contribution >= 4 is 17.5 Å². The van der Waals surface area contributed by atoms with Gasteiger partial charge in [-0.25, -0.2) is 9.78 Å². The molecule has 0 saturated heterocycles. The lowest BCUT2D eigenvalue weighted by Gasteiger charge is -2.08. The molecule has 7 heteroatoms. The van der Waals surface area contributed by atoms with Crippen LogP contribution in [0.25, 0.3) is 0 Å². The number of ether oxygens (including phenoxy) is 1. The molecule has 0 aliphatic rings. The first-order valence-corrected chi connectivity index (χ1v) is 6.64. The molecular formula is C14H19N5O2. The summed E-state index contributed by atoms with van der Waals surface area (Å²) in [7, 11) is 3.21. The van der Waals surface area contributed by atoms with Crippen LogP contribution >= 0.6 is 0 Å². The van der Waals surface area contributed by atoms with Crippen LogP contribution in [-0.4, -0.2) is 27.8 Å². The summed E-state index contributed by atoms with van der Waals surface area (Å²) in [6.45, 7) is 2.64. The van der Waals surface area contributed by atoms with Crippen LogP contribution < -0.4 is 11.1 Å². The van der Waals surface area contributed by atoms with Crippen LogP contribution in [0.5, 0.6) is 0 Å². The summed E-state index contributed by atoms with van der Waals surface area (Å²) >= 11 is 0. The highest BCUT2D eigenvalue weighted by Gasteiger charge is 2.12. The summed E-state index contributed by atoms with van der Waals surface area (Å²) in [5, 5.41) is 7.54. The van der Waals surface area contributed by atoms with Crippen LogP contribution in [0, 0.1) is 0 Å². The fourth-order valence-electron chi connectivity index (χ4n) is 2.06. The van der Waals surface area contributed by atoms with Crippen molar-refractivity contribution in [3.63, 3.8) is 0 Å². The van der Waals surface area contributed by atoms with Crippen molar-refractivity contribution in [3.05, 3.63) is 35.3 Å². The van der Waals surface area contributed by atoms with Gasteiger partial charge in [-0.2, -0.15) is 5.10 Å². The van der Waals surface area contributed by atoms with E-state index in [0.717, 1.165) is 17.7 Å². The first-order valence-electron chi connectivity index (χ1n) is 6.64. The molecule has 7 nitrogen and oxygen atoms in total. The van der Waals surface area contributed by atoms with Gasteiger partial charge in [0.1, 0.15) is 5.82 Å². The maximum Gasteiger partial charge on any atom is 0.340 e. The van der Waals surface area contributed by atoms with Crippen LogP contribution in [0.3, 0.4) is 0 Å². The van der Waals surface area contributed by atoms with Gasteiger partial charge < -0.3 is 15.8 Å². The van der Waals surface area contributed by atoms with Crippen LogP contribution in [0.1, 0.15) is 28.5 Å². The number of anilines is 2. The zero-order chi connectivity index (χ0) is 15.4. The Morgan fingerprint density at radius 3 is 2.95 bits per heavy atom. The molecule has 0 aromatic carbocycles. The predicted molar refractivity (Wildman–Crippen MR) is 79.9 cm³/mol. The molecule has 0 radical (unpaired) electrons. The summed E-state index contributed by atoms with van der Waals surface area (Å²) in [6.07, 6.45) is 4.27. The van der Waals surface area contributed by atoms with Crippen LogP contribution in [0.2, 0.25) is 0 Å². The van der Waals surface area contributed by atoms with Crippen molar-refractivity contribution in [2.45, 2.75) is 19.9 Å². The zero-order valence-electron chi connectivity index (χ0n) is 12.4. The molecule has 21 heavy (non-hydrogen) atoms. The number of methoxy groups -OCH3 is 1. The lowest BCUT2D eigenvalue weighted by Crippen LogP contribution is -2.09. The summed E-state index contributed by atoms with van der Waals surface area (Å²) in [4.78, 5) is 15.8. The number of nitrogens with one attached hydrogen (secondary N) is 1. The van der Waals surface area contributed by atoms with Crippen LogP contribution in [0.15, 0.2) is 18.5 Å². The number of hydrogen-bond acceptors (Lipinski definition) is 6. The number of aromatic nitrogens is 3. The Labute approximate surface area is 123 Å². The topological polar surface area (TPSA) is 95.1 Å². The first kappa shape index (κ1) is 14.8. The minimum absolute atomic E-state index is 0.294. The molecule has 0 unspecified atom stereocenters. The minimum Gasteiger partial charge on any atom is -0.465 e. The number of carbonyl (C=O) groups is 1. The van der Waals surface area contributed by atoms with Crippen LogP contribution in [-0.2, 0) is 24.8 Å². The van der Waals surface area contributed by atoms with Gasteiger partial charge in [0, 0.05) is 25.4 Å².